The molecule has 0 spiro atoms. The molecule has 1 N–H and O–H groups in total. The fourth-order valence-electron chi connectivity index (χ4n) is 3.28. The van der Waals surface area contributed by atoms with Crippen molar-refractivity contribution >= 4 is 23.4 Å². The van der Waals surface area contributed by atoms with Crippen LogP contribution in [0.1, 0.15) is 50.6 Å². The summed E-state index contributed by atoms with van der Waals surface area (Å²) in [6.45, 7) is 4.42. The van der Waals surface area contributed by atoms with Crippen molar-refractivity contribution in [2.24, 2.45) is 5.92 Å². The number of aromatic nitrogens is 3. The second-order valence-electron chi connectivity index (χ2n) is 5.87. The maximum Gasteiger partial charge on any atom is 0.179 e. The van der Waals surface area contributed by atoms with Crippen LogP contribution in [0.5, 0.6) is 0 Å². The third-order valence-corrected chi connectivity index (χ3v) is 4.64. The minimum absolute atomic E-state index is 0.499. The maximum atomic E-state index is 5.54. The number of pyridine rings is 1. The lowest BCUT2D eigenvalue weighted by atomic mass is 9.97. The Balaban J connectivity index is 2.13. The first-order chi connectivity index (χ1) is 9.16. The van der Waals surface area contributed by atoms with Gasteiger partial charge in [0.2, 0.25) is 0 Å². The Kier molecular flexibility index (Phi) is 3.44. The minimum Gasteiger partial charge on any atom is -0.329 e. The van der Waals surface area contributed by atoms with Gasteiger partial charge in [0.1, 0.15) is 0 Å². The highest BCUT2D eigenvalue weighted by Crippen LogP contribution is 2.34. The highest BCUT2D eigenvalue weighted by molar-refractivity contribution is 7.71. The number of aromatic amines is 1. The minimum atomic E-state index is 0.499. The Morgan fingerprint density at radius 3 is 2.95 bits per heavy atom. The molecule has 0 bridgehead atoms. The van der Waals surface area contributed by atoms with Crippen molar-refractivity contribution in [3.05, 3.63) is 22.6 Å². The van der Waals surface area contributed by atoms with Crippen molar-refractivity contribution in [1.82, 2.24) is 14.5 Å². The highest BCUT2D eigenvalue weighted by atomic mass is 32.1. The smallest absolute Gasteiger partial charge is 0.179 e. The molecule has 3 rings (SSSR count). The normalized spacial score (nSPS) is 24.5. The van der Waals surface area contributed by atoms with E-state index in [0.29, 0.717) is 12.0 Å². The molecule has 1 aliphatic carbocycles. The van der Waals surface area contributed by atoms with Gasteiger partial charge in [0, 0.05) is 12.2 Å². The van der Waals surface area contributed by atoms with Crippen LogP contribution in [0.15, 0.2) is 12.3 Å². The van der Waals surface area contributed by atoms with Crippen LogP contribution in [0.3, 0.4) is 0 Å². The van der Waals surface area contributed by atoms with Gasteiger partial charge in [-0.1, -0.05) is 26.2 Å². The molecule has 1 aliphatic rings. The van der Waals surface area contributed by atoms with Crippen LogP contribution in [0.25, 0.3) is 11.2 Å². The Hall–Kier alpha value is -1.16. The molecule has 19 heavy (non-hydrogen) atoms. The standard InChI is InChI=1S/C15H21N3S/c1-10-8-12-14(16-9-10)18(15(19)17-12)13-7-5-3-4-6-11(13)2/h8-9,11,13H,3-7H2,1-2H3,(H,17,19). The zero-order valence-electron chi connectivity index (χ0n) is 11.6. The van der Waals surface area contributed by atoms with E-state index < -0.39 is 0 Å². The number of H-pyrrole nitrogens is 1. The fourth-order valence-corrected chi connectivity index (χ4v) is 3.61. The Bertz CT molecular complexity index is 640. The first-order valence-corrected chi connectivity index (χ1v) is 7.64. The quantitative estimate of drug-likeness (QED) is 0.612. The molecule has 1 fully saturated rings. The van der Waals surface area contributed by atoms with E-state index in [0.717, 1.165) is 15.9 Å². The first kappa shape index (κ1) is 12.9. The first-order valence-electron chi connectivity index (χ1n) is 7.23. The average Bonchev–Trinajstić information content (AvgIpc) is 2.54. The lowest BCUT2D eigenvalue weighted by molar-refractivity contribution is 0.336. The molecule has 0 amide bonds. The number of hydrogen-bond donors (Lipinski definition) is 1. The zero-order chi connectivity index (χ0) is 13.4. The molecule has 0 aliphatic heterocycles. The van der Waals surface area contributed by atoms with E-state index in [1.165, 1.54) is 37.7 Å². The predicted octanol–water partition coefficient (Wildman–Crippen LogP) is 4.54. The number of hydrogen-bond acceptors (Lipinski definition) is 2. The Labute approximate surface area is 119 Å². The van der Waals surface area contributed by atoms with E-state index in [2.05, 4.69) is 34.4 Å². The molecule has 4 heteroatoms. The van der Waals surface area contributed by atoms with Crippen LogP contribution >= 0.6 is 12.2 Å². The molecule has 2 aromatic heterocycles. The molecule has 2 unspecified atom stereocenters. The molecule has 0 saturated heterocycles. The highest BCUT2D eigenvalue weighted by Gasteiger charge is 2.24. The lowest BCUT2D eigenvalue weighted by Crippen LogP contribution is -2.16. The summed E-state index contributed by atoms with van der Waals surface area (Å²) in [6, 6.07) is 2.63. The lowest BCUT2D eigenvalue weighted by Gasteiger charge is -2.23. The summed E-state index contributed by atoms with van der Waals surface area (Å²) in [5.74, 6) is 0.677. The largest absolute Gasteiger partial charge is 0.329 e. The van der Waals surface area contributed by atoms with Gasteiger partial charge in [-0.05, 0) is 49.5 Å². The van der Waals surface area contributed by atoms with Gasteiger partial charge >= 0.3 is 0 Å². The van der Waals surface area contributed by atoms with Gasteiger partial charge < -0.3 is 4.98 Å². The fraction of sp³-hybridized carbons (Fsp3) is 0.600. The van der Waals surface area contributed by atoms with Crippen LogP contribution in [-0.2, 0) is 0 Å². The molecular formula is C15H21N3S. The van der Waals surface area contributed by atoms with Crippen molar-refractivity contribution in [2.45, 2.75) is 52.0 Å². The van der Waals surface area contributed by atoms with Crippen LogP contribution in [0, 0.1) is 17.6 Å². The number of fused-ring (bicyclic) bond motifs is 1. The molecular weight excluding hydrogens is 254 g/mol. The van der Waals surface area contributed by atoms with Crippen LogP contribution in [-0.4, -0.2) is 14.5 Å². The van der Waals surface area contributed by atoms with Gasteiger partial charge in [0.15, 0.2) is 10.4 Å². The van der Waals surface area contributed by atoms with Gasteiger partial charge in [-0.15, -0.1) is 0 Å². The molecule has 3 nitrogen and oxygen atoms in total. The van der Waals surface area contributed by atoms with E-state index in [9.17, 15) is 0 Å². The van der Waals surface area contributed by atoms with Gasteiger partial charge in [-0.2, -0.15) is 0 Å². The molecule has 0 aromatic carbocycles. The van der Waals surface area contributed by atoms with Crippen molar-refractivity contribution < 1.29 is 0 Å². The molecule has 102 valence electrons. The van der Waals surface area contributed by atoms with Gasteiger partial charge in [-0.3, -0.25) is 4.57 Å². The van der Waals surface area contributed by atoms with E-state index in [1.54, 1.807) is 0 Å². The third-order valence-electron chi connectivity index (χ3n) is 4.34. The van der Waals surface area contributed by atoms with E-state index in [-0.39, 0.29) is 0 Å². The second-order valence-corrected chi connectivity index (χ2v) is 6.25. The average molecular weight is 275 g/mol. The summed E-state index contributed by atoms with van der Waals surface area (Å²) in [7, 11) is 0. The number of aryl methyl sites for hydroxylation is 1. The molecule has 0 radical (unpaired) electrons. The van der Waals surface area contributed by atoms with Gasteiger partial charge in [0.25, 0.3) is 0 Å². The molecule has 1 saturated carbocycles. The maximum absolute atomic E-state index is 5.54. The molecule has 2 atom stereocenters. The Morgan fingerprint density at radius 1 is 1.32 bits per heavy atom. The summed E-state index contributed by atoms with van der Waals surface area (Å²) in [4.78, 5) is 7.93. The summed E-state index contributed by atoms with van der Waals surface area (Å²) in [6.07, 6.45) is 8.45. The second kappa shape index (κ2) is 5.08. The number of nitrogens with one attached hydrogen (secondary N) is 1. The topological polar surface area (TPSA) is 33.6 Å². The molecule has 2 heterocycles. The summed E-state index contributed by atoms with van der Waals surface area (Å²) < 4.78 is 3.09. The SMILES string of the molecule is Cc1cnc2c(c1)[nH]c(=S)n2C1CCCCCC1C. The van der Waals surface area contributed by atoms with E-state index >= 15 is 0 Å². The van der Waals surface area contributed by atoms with Crippen LogP contribution < -0.4 is 0 Å². The summed E-state index contributed by atoms with van der Waals surface area (Å²) in [5.41, 5.74) is 3.26. The number of nitrogens with zero attached hydrogens (tertiary/aromatic N) is 2. The number of rotatable bonds is 1. The summed E-state index contributed by atoms with van der Waals surface area (Å²) >= 11 is 5.54. The van der Waals surface area contributed by atoms with Crippen molar-refractivity contribution in [2.75, 3.05) is 0 Å². The number of imidazole rings is 1. The van der Waals surface area contributed by atoms with Crippen molar-refractivity contribution in [3.63, 3.8) is 0 Å². The third kappa shape index (κ3) is 2.34. The van der Waals surface area contributed by atoms with Gasteiger partial charge in [0.05, 0.1) is 5.52 Å². The van der Waals surface area contributed by atoms with Crippen LogP contribution in [0.2, 0.25) is 0 Å². The van der Waals surface area contributed by atoms with E-state index in [4.69, 9.17) is 12.2 Å². The van der Waals surface area contributed by atoms with Crippen molar-refractivity contribution in [3.8, 4) is 0 Å². The van der Waals surface area contributed by atoms with Gasteiger partial charge in [-0.25, -0.2) is 4.98 Å². The van der Waals surface area contributed by atoms with E-state index in [1.807, 2.05) is 6.20 Å². The predicted molar refractivity (Wildman–Crippen MR) is 80.9 cm³/mol. The van der Waals surface area contributed by atoms with Crippen molar-refractivity contribution in [1.29, 1.82) is 0 Å². The Morgan fingerprint density at radius 2 is 2.11 bits per heavy atom. The monoisotopic (exact) mass is 275 g/mol. The zero-order valence-corrected chi connectivity index (χ0v) is 12.5. The van der Waals surface area contributed by atoms with Crippen LogP contribution in [0.4, 0.5) is 0 Å². The summed E-state index contributed by atoms with van der Waals surface area (Å²) in [5, 5.41) is 0. The molecule has 2 aromatic rings.